The molecule has 1 aromatic heterocycles. The van der Waals surface area contributed by atoms with Crippen LogP contribution in [0, 0.1) is 13.8 Å². The molecule has 1 heterocycles. The predicted molar refractivity (Wildman–Crippen MR) is 166 cm³/mol. The summed E-state index contributed by atoms with van der Waals surface area (Å²) in [5, 5.41) is 8.16. The van der Waals surface area contributed by atoms with Gasteiger partial charge in [0.2, 0.25) is 10.0 Å². The number of carbonyl (C=O) groups is 2. The van der Waals surface area contributed by atoms with Gasteiger partial charge in [0.25, 0.3) is 0 Å². The van der Waals surface area contributed by atoms with Gasteiger partial charge in [0.15, 0.2) is 0 Å². The summed E-state index contributed by atoms with van der Waals surface area (Å²) in [6.07, 6.45) is 1.24. The van der Waals surface area contributed by atoms with Crippen molar-refractivity contribution < 1.29 is 22.4 Å². The highest BCUT2D eigenvalue weighted by Gasteiger charge is 2.26. The number of amides is 2. The molecule has 5 aromatic rings. The van der Waals surface area contributed by atoms with Crippen molar-refractivity contribution in [1.82, 2.24) is 9.73 Å². The number of furan rings is 1. The van der Waals surface area contributed by atoms with Crippen LogP contribution >= 0.6 is 0 Å². The Kier molecular flexibility index (Phi) is 8.79. The number of hydrogen-bond donors (Lipinski definition) is 2. The molecule has 2 N–H and O–H groups in total. The lowest BCUT2D eigenvalue weighted by molar-refractivity contribution is -0.136. The van der Waals surface area contributed by atoms with E-state index >= 15 is 0 Å². The minimum atomic E-state index is -3.85. The quantitative estimate of drug-likeness (QED) is 0.132. The van der Waals surface area contributed by atoms with E-state index < -0.39 is 21.8 Å². The van der Waals surface area contributed by atoms with Crippen molar-refractivity contribution in [2.45, 2.75) is 31.8 Å². The molecule has 0 bridgehead atoms. The summed E-state index contributed by atoms with van der Waals surface area (Å²) >= 11 is 0. The monoisotopic (exact) mass is 594 g/mol. The molecule has 0 spiro atoms. The van der Waals surface area contributed by atoms with Gasteiger partial charge in [-0.25, -0.2) is 13.8 Å². The number of nitrogens with zero attached hydrogens (tertiary/aromatic N) is 2. The number of rotatable bonds is 9. The third kappa shape index (κ3) is 7.24. The normalized spacial score (nSPS) is 11.7. The maximum absolute atomic E-state index is 13.6. The van der Waals surface area contributed by atoms with Gasteiger partial charge in [-0.05, 0) is 55.1 Å². The molecule has 0 saturated heterocycles. The van der Waals surface area contributed by atoms with Crippen molar-refractivity contribution in [2.24, 2.45) is 5.10 Å². The fraction of sp³-hybridized carbons (Fsp3) is 0.121. The molecular weight excluding hydrogens is 564 g/mol. The van der Waals surface area contributed by atoms with E-state index in [2.05, 4.69) is 15.8 Å². The summed E-state index contributed by atoms with van der Waals surface area (Å²) in [5.41, 5.74) is 5.56. The van der Waals surface area contributed by atoms with Gasteiger partial charge in [-0.15, -0.1) is 0 Å². The first kappa shape index (κ1) is 29.4. The zero-order valence-corrected chi connectivity index (χ0v) is 24.5. The number of nitrogens with one attached hydrogen (secondary N) is 2. The van der Waals surface area contributed by atoms with Gasteiger partial charge < -0.3 is 9.73 Å². The molecule has 10 heteroatoms. The summed E-state index contributed by atoms with van der Waals surface area (Å²) in [6, 6.07) is 30.5. The van der Waals surface area contributed by atoms with E-state index in [4.69, 9.17) is 4.42 Å². The Bertz CT molecular complexity index is 1890. The molecular formula is C33H30N4O5S. The highest BCUT2D eigenvalue weighted by Crippen LogP contribution is 2.24. The molecule has 43 heavy (non-hydrogen) atoms. The van der Waals surface area contributed by atoms with Crippen LogP contribution < -0.4 is 10.7 Å². The Morgan fingerprint density at radius 2 is 1.47 bits per heavy atom. The molecule has 0 aliphatic rings. The van der Waals surface area contributed by atoms with E-state index in [0.717, 1.165) is 27.5 Å². The second-order valence-electron chi connectivity index (χ2n) is 10.1. The molecule has 0 unspecified atom stereocenters. The van der Waals surface area contributed by atoms with Crippen molar-refractivity contribution in [3.63, 3.8) is 0 Å². The van der Waals surface area contributed by atoms with Crippen molar-refractivity contribution >= 4 is 44.5 Å². The smallest absolute Gasteiger partial charge is 0.329 e. The molecule has 0 fully saturated rings. The van der Waals surface area contributed by atoms with Crippen LogP contribution in [0.5, 0.6) is 0 Å². The fourth-order valence-corrected chi connectivity index (χ4v) is 5.82. The average Bonchev–Trinajstić information content (AvgIpc) is 3.45. The van der Waals surface area contributed by atoms with Gasteiger partial charge in [-0.2, -0.15) is 9.41 Å². The zero-order valence-electron chi connectivity index (χ0n) is 23.7. The summed E-state index contributed by atoms with van der Waals surface area (Å²) in [5.74, 6) is -1.18. The first-order chi connectivity index (χ1) is 20.7. The number of anilines is 1. The van der Waals surface area contributed by atoms with E-state index in [9.17, 15) is 18.0 Å². The molecule has 0 atom stereocenters. The summed E-state index contributed by atoms with van der Waals surface area (Å²) in [4.78, 5) is 25.0. The Balaban J connectivity index is 1.26. The van der Waals surface area contributed by atoms with E-state index in [1.807, 2.05) is 68.4 Å². The second kappa shape index (κ2) is 12.8. The summed E-state index contributed by atoms with van der Waals surface area (Å²) in [6.45, 7) is 3.98. The minimum Gasteiger partial charge on any atom is -0.459 e. The number of hydrogen-bond acceptors (Lipinski definition) is 6. The van der Waals surface area contributed by atoms with Gasteiger partial charge in [-0.3, -0.25) is 9.59 Å². The molecule has 0 saturated carbocycles. The number of carbonyl (C=O) groups excluding carboxylic acids is 2. The Morgan fingerprint density at radius 3 is 2.21 bits per heavy atom. The van der Waals surface area contributed by atoms with E-state index in [0.29, 0.717) is 11.4 Å². The third-order valence-electron chi connectivity index (χ3n) is 6.75. The SMILES string of the molecule is Cc1ccc(CN(Cc2ccc(/C=N/NC(=O)C(=O)Nc3cccc4ccccc34)o2)S(=O)(=O)c2ccc(C)cc2)cc1. The van der Waals surface area contributed by atoms with Crippen molar-refractivity contribution in [3.8, 4) is 0 Å². The number of aryl methyl sites for hydroxylation is 2. The van der Waals surface area contributed by atoms with Crippen LogP contribution in [0.15, 0.2) is 118 Å². The lowest BCUT2D eigenvalue weighted by Gasteiger charge is -2.21. The first-order valence-electron chi connectivity index (χ1n) is 13.5. The molecule has 0 radical (unpaired) electrons. The largest absolute Gasteiger partial charge is 0.459 e. The third-order valence-corrected chi connectivity index (χ3v) is 8.56. The molecule has 0 aliphatic heterocycles. The number of fused-ring (bicyclic) bond motifs is 1. The number of hydrazone groups is 1. The summed E-state index contributed by atoms with van der Waals surface area (Å²) < 4.78 is 34.4. The number of sulfonamides is 1. The highest BCUT2D eigenvalue weighted by molar-refractivity contribution is 7.89. The van der Waals surface area contributed by atoms with Gasteiger partial charge >= 0.3 is 11.8 Å². The zero-order chi connectivity index (χ0) is 30.4. The molecule has 0 aliphatic carbocycles. The van der Waals surface area contributed by atoms with Crippen LogP contribution in [0.1, 0.15) is 28.2 Å². The van der Waals surface area contributed by atoms with Crippen molar-refractivity contribution in [2.75, 3.05) is 5.32 Å². The van der Waals surface area contributed by atoms with Crippen molar-refractivity contribution in [3.05, 3.63) is 131 Å². The Labute approximate surface area is 249 Å². The standard InChI is InChI=1S/C33H30N4O5S/c1-23-10-14-25(15-11-23)21-37(43(40,41)29-18-12-24(2)13-19-29)22-28-17-16-27(42-28)20-34-36-33(39)32(38)35-31-9-5-7-26-6-3-4-8-30(26)31/h3-20H,21-22H2,1-2H3,(H,35,38)(H,36,39)/b34-20+. The van der Waals surface area contributed by atoms with E-state index in [1.54, 1.807) is 48.5 Å². The Hall–Kier alpha value is -5.06. The maximum atomic E-state index is 13.6. The molecule has 4 aromatic carbocycles. The van der Waals surface area contributed by atoms with Gasteiger partial charge in [0.05, 0.1) is 17.7 Å². The van der Waals surface area contributed by atoms with Crippen LogP contribution in [0.3, 0.4) is 0 Å². The van der Waals surface area contributed by atoms with Crippen LogP contribution in [0.4, 0.5) is 5.69 Å². The second-order valence-corrected chi connectivity index (χ2v) is 12.0. The lowest BCUT2D eigenvalue weighted by Crippen LogP contribution is -2.32. The maximum Gasteiger partial charge on any atom is 0.329 e. The predicted octanol–water partition coefficient (Wildman–Crippen LogP) is 5.53. The van der Waals surface area contributed by atoms with Gasteiger partial charge in [-0.1, -0.05) is 83.9 Å². The molecule has 2 amide bonds. The van der Waals surface area contributed by atoms with Crippen LogP contribution in [-0.4, -0.2) is 30.8 Å². The van der Waals surface area contributed by atoms with Gasteiger partial charge in [0, 0.05) is 17.6 Å². The number of benzene rings is 4. The lowest BCUT2D eigenvalue weighted by atomic mass is 10.1. The molecule has 218 valence electrons. The minimum absolute atomic E-state index is 0.0300. The first-order valence-corrected chi connectivity index (χ1v) is 15.0. The molecule has 5 rings (SSSR count). The average molecular weight is 595 g/mol. The summed E-state index contributed by atoms with van der Waals surface area (Å²) in [7, 11) is -3.85. The van der Waals surface area contributed by atoms with Crippen LogP contribution in [0.2, 0.25) is 0 Å². The highest BCUT2D eigenvalue weighted by atomic mass is 32.2. The van der Waals surface area contributed by atoms with E-state index in [-0.39, 0.29) is 23.7 Å². The van der Waals surface area contributed by atoms with Crippen LogP contribution in [-0.2, 0) is 32.7 Å². The topological polar surface area (TPSA) is 121 Å². The van der Waals surface area contributed by atoms with Crippen LogP contribution in [0.25, 0.3) is 10.8 Å². The van der Waals surface area contributed by atoms with Crippen molar-refractivity contribution in [1.29, 1.82) is 0 Å². The fourth-order valence-electron chi connectivity index (χ4n) is 4.42. The van der Waals surface area contributed by atoms with Gasteiger partial charge in [0.1, 0.15) is 11.5 Å². The molecule has 9 nitrogen and oxygen atoms in total. The Morgan fingerprint density at radius 1 is 0.791 bits per heavy atom. The van der Waals surface area contributed by atoms with E-state index in [1.165, 1.54) is 10.5 Å².